The summed E-state index contributed by atoms with van der Waals surface area (Å²) in [6.07, 6.45) is 3.29. The molecule has 0 saturated carbocycles. The van der Waals surface area contributed by atoms with Crippen molar-refractivity contribution >= 4 is 11.8 Å². The molecule has 1 aromatic carbocycles. The van der Waals surface area contributed by atoms with E-state index in [4.69, 9.17) is 0 Å². The number of carbonyl (C=O) groups excluding carboxylic acids is 2. The molecule has 0 radical (unpaired) electrons. The van der Waals surface area contributed by atoms with Crippen molar-refractivity contribution in [2.45, 2.75) is 40.3 Å². The van der Waals surface area contributed by atoms with Crippen molar-refractivity contribution in [3.8, 4) is 0 Å². The van der Waals surface area contributed by atoms with Gasteiger partial charge >= 0.3 is 11.8 Å². The highest BCUT2D eigenvalue weighted by Crippen LogP contribution is 2.21. The second kappa shape index (κ2) is 7.73. The summed E-state index contributed by atoms with van der Waals surface area (Å²) in [4.78, 5) is 27.9. The molecule has 0 unspecified atom stereocenters. The van der Waals surface area contributed by atoms with E-state index in [1.165, 1.54) is 11.1 Å². The van der Waals surface area contributed by atoms with Crippen LogP contribution in [0.5, 0.6) is 0 Å². The second-order valence-corrected chi connectivity index (χ2v) is 6.03. The maximum atomic E-state index is 12.1. The van der Waals surface area contributed by atoms with Gasteiger partial charge in [-0.2, -0.15) is 0 Å². The lowest BCUT2D eigenvalue weighted by molar-refractivity contribution is -0.139. The Morgan fingerprint density at radius 1 is 1.00 bits per heavy atom. The summed E-state index contributed by atoms with van der Waals surface area (Å²) < 4.78 is 0. The Morgan fingerprint density at radius 3 is 2.29 bits per heavy atom. The number of rotatable bonds is 4. The van der Waals surface area contributed by atoms with Gasteiger partial charge in [0.25, 0.3) is 0 Å². The molecular weight excluding hydrogens is 302 g/mol. The van der Waals surface area contributed by atoms with E-state index in [9.17, 15) is 9.59 Å². The van der Waals surface area contributed by atoms with Gasteiger partial charge in [0.05, 0.1) is 6.04 Å². The molecule has 0 saturated heterocycles. The molecule has 0 aliphatic rings. The molecule has 0 fully saturated rings. The summed E-state index contributed by atoms with van der Waals surface area (Å²) in [5.74, 6) is -1.27. The van der Waals surface area contributed by atoms with Gasteiger partial charge in [-0.15, -0.1) is 0 Å². The molecule has 2 rings (SSSR count). The Hall–Kier alpha value is -2.69. The Labute approximate surface area is 142 Å². The molecule has 5 nitrogen and oxygen atoms in total. The molecular formula is C19H23N3O2. The van der Waals surface area contributed by atoms with Gasteiger partial charge in [0.15, 0.2) is 0 Å². The van der Waals surface area contributed by atoms with E-state index in [0.29, 0.717) is 6.54 Å². The summed E-state index contributed by atoms with van der Waals surface area (Å²) in [7, 11) is 0. The molecule has 0 spiro atoms. The van der Waals surface area contributed by atoms with Crippen LogP contribution in [0.15, 0.2) is 36.7 Å². The highest BCUT2D eigenvalue weighted by molar-refractivity contribution is 6.35. The van der Waals surface area contributed by atoms with Crippen molar-refractivity contribution in [2.75, 3.05) is 0 Å². The monoisotopic (exact) mass is 325 g/mol. The van der Waals surface area contributed by atoms with Gasteiger partial charge in [0.2, 0.25) is 0 Å². The molecule has 1 atom stereocenters. The molecule has 0 aliphatic carbocycles. The Morgan fingerprint density at radius 2 is 1.62 bits per heavy atom. The van der Waals surface area contributed by atoms with Crippen LogP contribution in [0.4, 0.5) is 0 Å². The van der Waals surface area contributed by atoms with E-state index in [-0.39, 0.29) is 6.04 Å². The first-order valence-electron chi connectivity index (χ1n) is 7.94. The zero-order valence-electron chi connectivity index (χ0n) is 14.5. The number of carbonyl (C=O) groups is 2. The molecule has 5 heteroatoms. The van der Waals surface area contributed by atoms with Gasteiger partial charge < -0.3 is 10.6 Å². The molecule has 2 aromatic rings. The highest BCUT2D eigenvalue weighted by Gasteiger charge is 2.18. The van der Waals surface area contributed by atoms with Crippen molar-refractivity contribution in [1.82, 2.24) is 15.6 Å². The quantitative estimate of drug-likeness (QED) is 0.849. The predicted molar refractivity (Wildman–Crippen MR) is 93.3 cm³/mol. The third kappa shape index (κ3) is 4.41. The first-order chi connectivity index (χ1) is 11.4. The lowest BCUT2D eigenvalue weighted by Crippen LogP contribution is -2.40. The van der Waals surface area contributed by atoms with E-state index in [1.54, 1.807) is 24.5 Å². The molecule has 126 valence electrons. The Kier molecular flexibility index (Phi) is 5.68. The number of aromatic nitrogens is 1. The summed E-state index contributed by atoms with van der Waals surface area (Å²) in [5.41, 5.74) is 5.39. The van der Waals surface area contributed by atoms with Crippen LogP contribution in [0.1, 0.15) is 40.8 Å². The maximum Gasteiger partial charge on any atom is 0.309 e. The summed E-state index contributed by atoms with van der Waals surface area (Å²) in [6, 6.07) is 7.50. The topological polar surface area (TPSA) is 71.1 Å². The van der Waals surface area contributed by atoms with Crippen LogP contribution in [0.2, 0.25) is 0 Å². The molecule has 2 N–H and O–H groups in total. The van der Waals surface area contributed by atoms with Gasteiger partial charge in [0.1, 0.15) is 0 Å². The standard InChI is InChI=1S/C19H23N3O2/c1-12-9-14(3)17(10-13(12)2)15(4)22-19(24)18(23)21-11-16-5-7-20-8-6-16/h5-10,15H,11H2,1-4H3,(H,21,23)(H,22,24)/t15-/m0/s1. The lowest BCUT2D eigenvalue weighted by atomic mass is 9.96. The predicted octanol–water partition coefficient (Wildman–Crippen LogP) is 2.50. The van der Waals surface area contributed by atoms with Crippen molar-refractivity contribution in [3.63, 3.8) is 0 Å². The van der Waals surface area contributed by atoms with Crippen molar-refractivity contribution in [2.24, 2.45) is 0 Å². The fourth-order valence-corrected chi connectivity index (χ4v) is 2.55. The number of nitrogens with one attached hydrogen (secondary N) is 2. The Balaban J connectivity index is 1.96. The number of hydrogen-bond acceptors (Lipinski definition) is 3. The van der Waals surface area contributed by atoms with E-state index >= 15 is 0 Å². The number of nitrogens with zero attached hydrogens (tertiary/aromatic N) is 1. The number of benzene rings is 1. The molecule has 0 bridgehead atoms. The zero-order chi connectivity index (χ0) is 17.7. The van der Waals surface area contributed by atoms with Crippen LogP contribution in [0, 0.1) is 20.8 Å². The van der Waals surface area contributed by atoms with Crippen LogP contribution < -0.4 is 10.6 Å². The minimum absolute atomic E-state index is 0.233. The number of hydrogen-bond donors (Lipinski definition) is 2. The van der Waals surface area contributed by atoms with E-state index in [0.717, 1.165) is 16.7 Å². The number of aryl methyl sites for hydroxylation is 3. The third-order valence-electron chi connectivity index (χ3n) is 4.11. The second-order valence-electron chi connectivity index (χ2n) is 6.03. The average Bonchev–Trinajstić information content (AvgIpc) is 2.56. The van der Waals surface area contributed by atoms with Crippen LogP contribution in [-0.2, 0) is 16.1 Å². The normalized spacial score (nSPS) is 11.7. The summed E-state index contributed by atoms with van der Waals surface area (Å²) in [6.45, 7) is 8.28. The lowest BCUT2D eigenvalue weighted by Gasteiger charge is -2.18. The van der Waals surface area contributed by atoms with Crippen LogP contribution >= 0.6 is 0 Å². The number of amides is 2. The minimum Gasteiger partial charge on any atom is -0.344 e. The average molecular weight is 325 g/mol. The van der Waals surface area contributed by atoms with Crippen molar-refractivity contribution in [1.29, 1.82) is 0 Å². The molecule has 1 heterocycles. The van der Waals surface area contributed by atoms with E-state index in [1.807, 2.05) is 20.8 Å². The van der Waals surface area contributed by atoms with E-state index in [2.05, 4.69) is 34.7 Å². The minimum atomic E-state index is -0.639. The Bertz CT molecular complexity index is 742. The number of pyridine rings is 1. The largest absolute Gasteiger partial charge is 0.344 e. The van der Waals surface area contributed by atoms with Crippen LogP contribution in [0.3, 0.4) is 0 Å². The van der Waals surface area contributed by atoms with Crippen LogP contribution in [0.25, 0.3) is 0 Å². The zero-order valence-corrected chi connectivity index (χ0v) is 14.5. The van der Waals surface area contributed by atoms with Crippen molar-refractivity contribution in [3.05, 3.63) is 64.5 Å². The molecule has 1 aromatic heterocycles. The van der Waals surface area contributed by atoms with Gasteiger partial charge in [-0.25, -0.2) is 0 Å². The van der Waals surface area contributed by atoms with Gasteiger partial charge in [-0.1, -0.05) is 12.1 Å². The first-order valence-corrected chi connectivity index (χ1v) is 7.94. The highest BCUT2D eigenvalue weighted by atomic mass is 16.2. The summed E-state index contributed by atoms with van der Waals surface area (Å²) >= 11 is 0. The third-order valence-corrected chi connectivity index (χ3v) is 4.11. The van der Waals surface area contributed by atoms with Gasteiger partial charge in [-0.05, 0) is 67.6 Å². The van der Waals surface area contributed by atoms with Gasteiger partial charge in [0, 0.05) is 18.9 Å². The van der Waals surface area contributed by atoms with Crippen LogP contribution in [-0.4, -0.2) is 16.8 Å². The molecule has 2 amide bonds. The smallest absolute Gasteiger partial charge is 0.309 e. The summed E-state index contributed by atoms with van der Waals surface area (Å²) in [5, 5.41) is 5.37. The van der Waals surface area contributed by atoms with Crippen molar-refractivity contribution < 1.29 is 9.59 Å². The first kappa shape index (κ1) is 17.7. The molecule has 0 aliphatic heterocycles. The fraction of sp³-hybridized carbons (Fsp3) is 0.316. The molecule has 24 heavy (non-hydrogen) atoms. The SMILES string of the molecule is Cc1cc(C)c([C@H](C)NC(=O)C(=O)NCc2ccncc2)cc1C. The maximum absolute atomic E-state index is 12.1. The fourth-order valence-electron chi connectivity index (χ4n) is 2.55. The van der Waals surface area contributed by atoms with E-state index < -0.39 is 11.8 Å². The van der Waals surface area contributed by atoms with Gasteiger partial charge in [-0.3, -0.25) is 14.6 Å².